The predicted molar refractivity (Wildman–Crippen MR) is 280 cm³/mol. The summed E-state index contributed by atoms with van der Waals surface area (Å²) in [5, 5.41) is 15.3. The van der Waals surface area contributed by atoms with Gasteiger partial charge in [0.05, 0.1) is 22.1 Å². The highest BCUT2D eigenvalue weighted by Crippen LogP contribution is 2.49. The molecule has 0 saturated carbocycles. The van der Waals surface area contributed by atoms with Gasteiger partial charge in [0.15, 0.2) is 0 Å². The molecule has 2 heteroatoms. The molecule has 0 N–H and O–H groups in total. The van der Waals surface area contributed by atoms with E-state index >= 15 is 0 Å². The van der Waals surface area contributed by atoms with Crippen molar-refractivity contribution in [3.8, 4) is 55.9 Å². The largest absolute Gasteiger partial charge is 0.309 e. The first-order valence-electron chi connectivity index (χ1n) is 22.9. The van der Waals surface area contributed by atoms with E-state index in [1.807, 2.05) is 0 Å². The van der Waals surface area contributed by atoms with Gasteiger partial charge in [0, 0.05) is 32.9 Å². The van der Waals surface area contributed by atoms with Gasteiger partial charge in [-0.2, -0.15) is 0 Å². The van der Waals surface area contributed by atoms with Crippen LogP contribution in [0, 0.1) is 0 Å². The van der Waals surface area contributed by atoms with E-state index < -0.39 is 0 Å². The SMILES string of the molecule is c1cc(-c2ccc3c4c(cccc24)-c2ccccc2-3)cc(-n2c3ccccc3c3ccc(-c4ccc5c(c4)c4ccccc4n5-c4ccc5c6ccccc6c6ccccc6c5c4)cc32)c1. The van der Waals surface area contributed by atoms with Crippen LogP contribution in [0.3, 0.4) is 0 Å². The molecule has 0 spiro atoms. The van der Waals surface area contributed by atoms with Gasteiger partial charge in [0.2, 0.25) is 0 Å². The number of nitrogens with zero attached hydrogens (tertiary/aromatic N) is 2. The fraction of sp³-hybridized carbons (Fsp3) is 0. The van der Waals surface area contributed by atoms with E-state index in [1.54, 1.807) is 0 Å². The second kappa shape index (κ2) is 13.4. The van der Waals surface area contributed by atoms with Crippen LogP contribution in [0.1, 0.15) is 0 Å². The summed E-state index contributed by atoms with van der Waals surface area (Å²) < 4.78 is 4.91. The van der Waals surface area contributed by atoms with Crippen LogP contribution in [-0.2, 0) is 0 Å². The maximum atomic E-state index is 2.46. The van der Waals surface area contributed by atoms with Crippen molar-refractivity contribution in [2.45, 2.75) is 0 Å². The molecule has 2 nitrogen and oxygen atoms in total. The van der Waals surface area contributed by atoms with E-state index in [0.717, 1.165) is 11.4 Å². The van der Waals surface area contributed by atoms with Gasteiger partial charge >= 0.3 is 0 Å². The lowest BCUT2D eigenvalue weighted by molar-refractivity contribution is 1.18. The van der Waals surface area contributed by atoms with E-state index in [4.69, 9.17) is 0 Å². The summed E-state index contributed by atoms with van der Waals surface area (Å²) in [5.41, 5.74) is 17.3. The van der Waals surface area contributed by atoms with Crippen LogP contribution in [0.2, 0.25) is 0 Å². The topological polar surface area (TPSA) is 9.86 Å². The predicted octanol–water partition coefficient (Wildman–Crippen LogP) is 17.5. The lowest BCUT2D eigenvalue weighted by atomic mass is 9.94. The molecule has 0 bridgehead atoms. The molecule has 2 heterocycles. The molecule has 0 fully saturated rings. The Bertz CT molecular complexity index is 4340. The van der Waals surface area contributed by atoms with Crippen LogP contribution >= 0.6 is 0 Å². The first-order chi connectivity index (χ1) is 32.7. The minimum atomic E-state index is 1.15. The van der Waals surface area contributed by atoms with E-state index in [0.29, 0.717) is 0 Å². The molecule has 1 aliphatic rings. The Morgan fingerprint density at radius 3 is 1.41 bits per heavy atom. The third-order valence-electron chi connectivity index (χ3n) is 14.6. The Morgan fingerprint density at radius 1 is 0.197 bits per heavy atom. The fourth-order valence-corrected chi connectivity index (χ4v) is 11.8. The summed E-state index contributed by atoms with van der Waals surface area (Å²) >= 11 is 0. The van der Waals surface area contributed by atoms with Crippen molar-refractivity contribution in [1.29, 1.82) is 0 Å². The standard InChI is InChI=1S/C64H38N2/c1-2-17-47-45(15-1)46-16-3-6-20-50(46)58-38-43(29-31-51(47)58)65-61-26-10-8-22-53(61)59-36-39(28-34-62(59)65)40-27-30-54-52-21-7-9-25-60(52)66(63(54)37-40)42-14-11-13-41(35-42)44-32-33-57-49-19-5-4-18-48(49)56-24-12-23-55(44)64(56)57/h1-38H. The maximum absolute atomic E-state index is 2.46. The van der Waals surface area contributed by atoms with Crippen molar-refractivity contribution >= 4 is 86.7 Å². The Balaban J connectivity index is 0.887. The quantitative estimate of drug-likeness (QED) is 0.156. The summed E-state index contributed by atoms with van der Waals surface area (Å²) in [6.07, 6.45) is 0. The summed E-state index contributed by atoms with van der Waals surface area (Å²) in [7, 11) is 0. The van der Waals surface area contributed by atoms with Crippen molar-refractivity contribution in [2.75, 3.05) is 0 Å². The van der Waals surface area contributed by atoms with E-state index in [-0.39, 0.29) is 0 Å². The molecule has 14 aromatic rings. The first kappa shape index (κ1) is 35.7. The molecule has 0 amide bonds. The normalized spacial score (nSPS) is 12.2. The van der Waals surface area contributed by atoms with Crippen molar-refractivity contribution in [3.05, 3.63) is 231 Å². The number of aromatic nitrogens is 2. The minimum absolute atomic E-state index is 1.15. The lowest BCUT2D eigenvalue weighted by Crippen LogP contribution is -1.95. The zero-order valence-corrected chi connectivity index (χ0v) is 35.8. The Labute approximate surface area is 380 Å². The van der Waals surface area contributed by atoms with Gasteiger partial charge in [-0.25, -0.2) is 0 Å². The average Bonchev–Trinajstić information content (AvgIpc) is 4.02. The highest BCUT2D eigenvalue weighted by atomic mass is 15.0. The molecule has 0 unspecified atom stereocenters. The number of para-hydroxylation sites is 2. The summed E-state index contributed by atoms with van der Waals surface area (Å²) in [6, 6.07) is 85.8. The minimum Gasteiger partial charge on any atom is -0.309 e. The van der Waals surface area contributed by atoms with Crippen LogP contribution in [0.5, 0.6) is 0 Å². The number of rotatable bonds is 4. The molecule has 1 aliphatic carbocycles. The van der Waals surface area contributed by atoms with Crippen molar-refractivity contribution in [1.82, 2.24) is 9.13 Å². The maximum Gasteiger partial charge on any atom is 0.0547 e. The zero-order chi connectivity index (χ0) is 43.0. The second-order valence-electron chi connectivity index (χ2n) is 18.0. The molecule has 2 aromatic heterocycles. The third kappa shape index (κ3) is 4.90. The van der Waals surface area contributed by atoms with Gasteiger partial charge in [-0.1, -0.05) is 176 Å². The number of hydrogen-bond acceptors (Lipinski definition) is 0. The van der Waals surface area contributed by atoms with Crippen LogP contribution < -0.4 is 0 Å². The summed E-state index contributed by atoms with van der Waals surface area (Å²) in [5.74, 6) is 0. The molecule has 15 rings (SSSR count). The average molecular weight is 835 g/mol. The first-order valence-corrected chi connectivity index (χ1v) is 22.9. The highest BCUT2D eigenvalue weighted by molar-refractivity contribution is 6.26. The van der Waals surface area contributed by atoms with Crippen LogP contribution in [0.4, 0.5) is 0 Å². The van der Waals surface area contributed by atoms with Gasteiger partial charge in [-0.15, -0.1) is 0 Å². The Morgan fingerprint density at radius 2 is 0.667 bits per heavy atom. The third-order valence-corrected chi connectivity index (χ3v) is 14.6. The molecule has 12 aromatic carbocycles. The van der Waals surface area contributed by atoms with Crippen LogP contribution in [-0.4, -0.2) is 9.13 Å². The van der Waals surface area contributed by atoms with Crippen LogP contribution in [0.15, 0.2) is 231 Å². The van der Waals surface area contributed by atoms with E-state index in [1.165, 1.54) is 131 Å². The molecule has 0 saturated heterocycles. The monoisotopic (exact) mass is 834 g/mol. The molecular formula is C64H38N2. The summed E-state index contributed by atoms with van der Waals surface area (Å²) in [4.78, 5) is 0. The molecular weight excluding hydrogens is 797 g/mol. The summed E-state index contributed by atoms with van der Waals surface area (Å²) in [6.45, 7) is 0. The van der Waals surface area contributed by atoms with Gasteiger partial charge in [0.25, 0.3) is 0 Å². The fourth-order valence-electron chi connectivity index (χ4n) is 11.8. The zero-order valence-electron chi connectivity index (χ0n) is 35.8. The van der Waals surface area contributed by atoms with Crippen molar-refractivity contribution in [2.24, 2.45) is 0 Å². The number of fused-ring (bicyclic) bond motifs is 15. The van der Waals surface area contributed by atoms with Gasteiger partial charge in [-0.05, 0) is 142 Å². The lowest BCUT2D eigenvalue weighted by Gasteiger charge is -2.14. The van der Waals surface area contributed by atoms with Crippen molar-refractivity contribution in [3.63, 3.8) is 0 Å². The molecule has 66 heavy (non-hydrogen) atoms. The molecule has 0 aliphatic heterocycles. The molecule has 0 radical (unpaired) electrons. The second-order valence-corrected chi connectivity index (χ2v) is 18.0. The number of hydrogen-bond donors (Lipinski definition) is 0. The molecule has 304 valence electrons. The smallest absolute Gasteiger partial charge is 0.0547 e. The van der Waals surface area contributed by atoms with Gasteiger partial charge in [0.1, 0.15) is 0 Å². The van der Waals surface area contributed by atoms with E-state index in [9.17, 15) is 0 Å². The Hall–Kier alpha value is -8.72. The highest BCUT2D eigenvalue weighted by Gasteiger charge is 2.23. The Kier molecular flexibility index (Phi) is 7.25. The van der Waals surface area contributed by atoms with Gasteiger partial charge < -0.3 is 9.13 Å². The van der Waals surface area contributed by atoms with Crippen LogP contribution in [0.25, 0.3) is 143 Å². The molecule has 0 atom stereocenters. The van der Waals surface area contributed by atoms with Gasteiger partial charge in [-0.3, -0.25) is 0 Å². The number of benzene rings is 12. The van der Waals surface area contributed by atoms with E-state index in [2.05, 4.69) is 240 Å². The van der Waals surface area contributed by atoms with Crippen molar-refractivity contribution < 1.29 is 0 Å².